The van der Waals surface area contributed by atoms with E-state index in [1.807, 2.05) is 66.7 Å². The van der Waals surface area contributed by atoms with Crippen molar-refractivity contribution in [3.8, 4) is 0 Å². The van der Waals surface area contributed by atoms with Gasteiger partial charge in [0, 0.05) is 17.2 Å². The van der Waals surface area contributed by atoms with Crippen LogP contribution in [0.3, 0.4) is 0 Å². The number of benzene rings is 3. The molecule has 4 heteroatoms. The van der Waals surface area contributed by atoms with Crippen molar-refractivity contribution >= 4 is 22.8 Å². The van der Waals surface area contributed by atoms with Crippen LogP contribution < -0.4 is 5.43 Å². The number of nitrogens with zero attached hydrogens (tertiary/aromatic N) is 3. The van der Waals surface area contributed by atoms with Crippen LogP contribution in [0, 0.1) is 0 Å². The van der Waals surface area contributed by atoms with Gasteiger partial charge in [-0.1, -0.05) is 84.9 Å². The summed E-state index contributed by atoms with van der Waals surface area (Å²) in [5, 5.41) is 15.2. The zero-order valence-corrected chi connectivity index (χ0v) is 14.2. The number of anilines is 1. The Kier molecular flexibility index (Phi) is 4.65. The third-order valence-electron chi connectivity index (χ3n) is 4.16. The molecule has 0 bridgehead atoms. The molecular weight excluding hydrogens is 320 g/mol. The molecule has 0 aliphatic rings. The summed E-state index contributed by atoms with van der Waals surface area (Å²) < 4.78 is 0. The van der Waals surface area contributed by atoms with Gasteiger partial charge in [-0.05, 0) is 11.1 Å². The van der Waals surface area contributed by atoms with E-state index in [0.29, 0.717) is 5.82 Å². The number of hydrazone groups is 1. The third kappa shape index (κ3) is 3.59. The van der Waals surface area contributed by atoms with E-state index >= 15 is 0 Å². The molecule has 0 fully saturated rings. The summed E-state index contributed by atoms with van der Waals surface area (Å²) in [6.07, 6.45) is 2.52. The standard InChI is InChI=1S/C22H18N4/c1-3-9-17(10-4-1)15-21-19-13-7-8-14-20(19)22(26-24-21)25-23-16-18-11-5-2-6-12-18/h1-14,16H,15H2,(H,25,26)/b23-16+. The first-order valence-electron chi connectivity index (χ1n) is 8.52. The molecular formula is C22H18N4. The van der Waals surface area contributed by atoms with Crippen LogP contribution in [-0.4, -0.2) is 16.4 Å². The Balaban J connectivity index is 1.63. The van der Waals surface area contributed by atoms with Gasteiger partial charge >= 0.3 is 0 Å². The Morgan fingerprint density at radius 3 is 2.15 bits per heavy atom. The third-order valence-corrected chi connectivity index (χ3v) is 4.16. The van der Waals surface area contributed by atoms with Crippen molar-refractivity contribution in [1.29, 1.82) is 0 Å². The molecule has 0 amide bonds. The number of fused-ring (bicyclic) bond motifs is 1. The highest BCUT2D eigenvalue weighted by atomic mass is 15.3. The Bertz CT molecular complexity index is 1030. The summed E-state index contributed by atoms with van der Waals surface area (Å²) in [5.74, 6) is 0.657. The first kappa shape index (κ1) is 16.0. The molecule has 0 radical (unpaired) electrons. The summed E-state index contributed by atoms with van der Waals surface area (Å²) in [5.41, 5.74) is 6.23. The smallest absolute Gasteiger partial charge is 0.176 e. The zero-order chi connectivity index (χ0) is 17.6. The highest BCUT2D eigenvalue weighted by molar-refractivity contribution is 5.93. The quantitative estimate of drug-likeness (QED) is 0.425. The maximum absolute atomic E-state index is 4.44. The second kappa shape index (κ2) is 7.57. The molecule has 0 aliphatic heterocycles. The summed E-state index contributed by atoms with van der Waals surface area (Å²) in [6.45, 7) is 0. The lowest BCUT2D eigenvalue weighted by molar-refractivity contribution is 0.956. The lowest BCUT2D eigenvalue weighted by Crippen LogP contribution is -2.02. The molecule has 0 atom stereocenters. The first-order chi connectivity index (χ1) is 12.9. The van der Waals surface area contributed by atoms with E-state index in [1.165, 1.54) is 5.56 Å². The van der Waals surface area contributed by atoms with Crippen LogP contribution in [-0.2, 0) is 6.42 Å². The lowest BCUT2D eigenvalue weighted by Gasteiger charge is -2.08. The molecule has 4 aromatic rings. The average molecular weight is 338 g/mol. The second-order valence-electron chi connectivity index (χ2n) is 5.98. The molecule has 0 saturated heterocycles. The minimum Gasteiger partial charge on any atom is -0.259 e. The van der Waals surface area contributed by atoms with Crippen molar-refractivity contribution in [2.45, 2.75) is 6.42 Å². The molecule has 3 aromatic carbocycles. The van der Waals surface area contributed by atoms with Gasteiger partial charge < -0.3 is 0 Å². The summed E-state index contributed by atoms with van der Waals surface area (Å²) in [4.78, 5) is 0. The number of nitrogens with one attached hydrogen (secondary N) is 1. The second-order valence-corrected chi connectivity index (χ2v) is 5.98. The lowest BCUT2D eigenvalue weighted by atomic mass is 10.0. The molecule has 26 heavy (non-hydrogen) atoms. The van der Waals surface area contributed by atoms with Gasteiger partial charge in [-0.3, -0.25) is 5.43 Å². The Morgan fingerprint density at radius 2 is 1.38 bits per heavy atom. The minimum absolute atomic E-state index is 0.657. The van der Waals surface area contributed by atoms with Crippen molar-refractivity contribution in [2.75, 3.05) is 5.43 Å². The van der Waals surface area contributed by atoms with Gasteiger partial charge in [0.2, 0.25) is 0 Å². The largest absolute Gasteiger partial charge is 0.259 e. The fraction of sp³-hybridized carbons (Fsp3) is 0.0455. The minimum atomic E-state index is 0.657. The first-order valence-corrected chi connectivity index (χ1v) is 8.52. The van der Waals surface area contributed by atoms with Gasteiger partial charge in [0.1, 0.15) is 0 Å². The Hall–Kier alpha value is -3.53. The fourth-order valence-corrected chi connectivity index (χ4v) is 2.87. The van der Waals surface area contributed by atoms with Gasteiger partial charge in [0.25, 0.3) is 0 Å². The molecule has 1 heterocycles. The van der Waals surface area contributed by atoms with E-state index in [4.69, 9.17) is 0 Å². The van der Waals surface area contributed by atoms with Crippen LogP contribution in [0.2, 0.25) is 0 Å². The van der Waals surface area contributed by atoms with Crippen LogP contribution in [0.1, 0.15) is 16.8 Å². The molecule has 1 aromatic heterocycles. The van der Waals surface area contributed by atoms with Gasteiger partial charge in [-0.25, -0.2) is 0 Å². The van der Waals surface area contributed by atoms with Crippen molar-refractivity contribution in [3.05, 3.63) is 102 Å². The summed E-state index contributed by atoms with van der Waals surface area (Å²) in [7, 11) is 0. The van der Waals surface area contributed by atoms with Crippen molar-refractivity contribution in [1.82, 2.24) is 10.2 Å². The monoisotopic (exact) mass is 338 g/mol. The number of rotatable bonds is 5. The van der Waals surface area contributed by atoms with Gasteiger partial charge in [0.05, 0.1) is 11.9 Å². The van der Waals surface area contributed by atoms with Gasteiger partial charge in [0.15, 0.2) is 5.82 Å². The van der Waals surface area contributed by atoms with Crippen LogP contribution in [0.25, 0.3) is 10.8 Å². The highest BCUT2D eigenvalue weighted by Gasteiger charge is 2.09. The molecule has 4 rings (SSSR count). The van der Waals surface area contributed by atoms with E-state index in [0.717, 1.165) is 28.5 Å². The molecule has 126 valence electrons. The van der Waals surface area contributed by atoms with Crippen molar-refractivity contribution in [2.24, 2.45) is 5.10 Å². The van der Waals surface area contributed by atoms with Crippen molar-refractivity contribution in [3.63, 3.8) is 0 Å². The Labute approximate surface area is 152 Å². The SMILES string of the molecule is C(=N\Nc1nnc(Cc2ccccc2)c2ccccc12)/c1ccccc1. The van der Waals surface area contributed by atoms with Crippen LogP contribution in [0.5, 0.6) is 0 Å². The molecule has 0 saturated carbocycles. The van der Waals surface area contributed by atoms with Crippen LogP contribution in [0.4, 0.5) is 5.82 Å². The number of hydrogen-bond donors (Lipinski definition) is 1. The molecule has 4 nitrogen and oxygen atoms in total. The van der Waals surface area contributed by atoms with E-state index in [1.54, 1.807) is 6.21 Å². The summed E-state index contributed by atoms with van der Waals surface area (Å²) >= 11 is 0. The van der Waals surface area contributed by atoms with E-state index in [2.05, 4.69) is 38.9 Å². The van der Waals surface area contributed by atoms with E-state index < -0.39 is 0 Å². The maximum atomic E-state index is 4.44. The van der Waals surface area contributed by atoms with Crippen LogP contribution in [0.15, 0.2) is 90.0 Å². The molecule has 1 N–H and O–H groups in total. The highest BCUT2D eigenvalue weighted by Crippen LogP contribution is 2.24. The zero-order valence-electron chi connectivity index (χ0n) is 14.2. The average Bonchev–Trinajstić information content (AvgIpc) is 2.71. The summed E-state index contributed by atoms with van der Waals surface area (Å²) in [6, 6.07) is 28.4. The van der Waals surface area contributed by atoms with E-state index in [-0.39, 0.29) is 0 Å². The molecule has 0 spiro atoms. The number of aromatic nitrogens is 2. The molecule has 0 aliphatic carbocycles. The van der Waals surface area contributed by atoms with E-state index in [9.17, 15) is 0 Å². The predicted molar refractivity (Wildman–Crippen MR) is 106 cm³/mol. The molecule has 0 unspecified atom stereocenters. The predicted octanol–water partition coefficient (Wildman–Crippen LogP) is 4.67. The number of hydrogen-bond acceptors (Lipinski definition) is 4. The van der Waals surface area contributed by atoms with Crippen molar-refractivity contribution < 1.29 is 0 Å². The fourth-order valence-electron chi connectivity index (χ4n) is 2.87. The van der Waals surface area contributed by atoms with Gasteiger partial charge in [-0.2, -0.15) is 10.2 Å². The normalized spacial score (nSPS) is 11.1. The topological polar surface area (TPSA) is 50.2 Å². The van der Waals surface area contributed by atoms with Crippen LogP contribution >= 0.6 is 0 Å². The maximum Gasteiger partial charge on any atom is 0.176 e. The van der Waals surface area contributed by atoms with Gasteiger partial charge in [-0.15, -0.1) is 5.10 Å². The Morgan fingerprint density at radius 1 is 0.731 bits per heavy atom.